The second-order valence-electron chi connectivity index (χ2n) is 7.89. The van der Waals surface area contributed by atoms with Gasteiger partial charge in [-0.2, -0.15) is 0 Å². The van der Waals surface area contributed by atoms with Crippen LogP contribution in [0.15, 0.2) is 46.3 Å². The Morgan fingerprint density at radius 1 is 1.23 bits per heavy atom. The summed E-state index contributed by atoms with van der Waals surface area (Å²) in [5.74, 6) is 0.563. The minimum atomic E-state index is -2.60. The third kappa shape index (κ3) is 4.50. The summed E-state index contributed by atoms with van der Waals surface area (Å²) in [4.78, 5) is 5.72. The summed E-state index contributed by atoms with van der Waals surface area (Å²) in [5, 5.41) is 10.3. The summed E-state index contributed by atoms with van der Waals surface area (Å²) in [6.07, 6.45) is 0.548. The Morgan fingerprint density at radius 2 is 2.03 bits per heavy atom. The number of nitrogens with zero attached hydrogens (tertiary/aromatic N) is 1. The van der Waals surface area contributed by atoms with Crippen LogP contribution in [0.2, 0.25) is 0 Å². The topological polar surface area (TPSA) is 68.1 Å². The summed E-state index contributed by atoms with van der Waals surface area (Å²) in [6.45, 7) is -0.725. The van der Waals surface area contributed by atoms with Crippen molar-refractivity contribution in [2.75, 3.05) is 20.0 Å². The molecule has 166 valence electrons. The number of methoxy groups -OCH3 is 1. The molecule has 1 fully saturated rings. The van der Waals surface area contributed by atoms with Crippen LogP contribution in [0.5, 0.6) is 11.5 Å². The van der Waals surface area contributed by atoms with Crippen molar-refractivity contribution in [2.45, 2.75) is 48.6 Å². The average molecular weight is 450 g/mol. The van der Waals surface area contributed by atoms with Crippen LogP contribution in [0, 0.1) is 0 Å². The third-order valence-corrected chi connectivity index (χ3v) is 6.79. The standard InChI is InChI=1S/C23H25F2NO4S/c1-29-20-11-18-16(10-21(20)30-12-22(24)25)17-9-14(27)6-7-19(17)26-23(18)13-4-3-5-15(8-13)31(2)28/h3-5,8,10-11,14,17,19,22,27H,6-7,9,12H2,1-2H3. The first-order valence-electron chi connectivity index (χ1n) is 10.2. The molecule has 1 aliphatic carbocycles. The van der Waals surface area contributed by atoms with Crippen LogP contribution >= 0.6 is 0 Å². The zero-order valence-corrected chi connectivity index (χ0v) is 18.2. The number of rotatable bonds is 6. The molecule has 2 aromatic carbocycles. The van der Waals surface area contributed by atoms with Gasteiger partial charge in [0.15, 0.2) is 11.5 Å². The SMILES string of the molecule is COc1cc2c(cc1OCC(F)F)C1CC(O)CCC1N=C2c1cccc(S(C)=O)c1. The number of hydrogen-bond acceptors (Lipinski definition) is 5. The van der Waals surface area contributed by atoms with Crippen LogP contribution in [0.4, 0.5) is 8.78 Å². The molecule has 1 saturated carbocycles. The summed E-state index contributed by atoms with van der Waals surface area (Å²) in [7, 11) is 0.328. The molecular weight excluding hydrogens is 424 g/mol. The molecule has 0 saturated heterocycles. The largest absolute Gasteiger partial charge is 0.493 e. The van der Waals surface area contributed by atoms with E-state index in [1.54, 1.807) is 18.4 Å². The molecule has 0 bridgehead atoms. The van der Waals surface area contributed by atoms with Crippen LogP contribution in [-0.2, 0) is 10.8 Å². The van der Waals surface area contributed by atoms with Crippen molar-refractivity contribution >= 4 is 16.5 Å². The first-order chi connectivity index (χ1) is 14.9. The fourth-order valence-corrected chi connectivity index (χ4v) is 4.98. The molecule has 0 amide bonds. The van der Waals surface area contributed by atoms with E-state index in [-0.39, 0.29) is 17.7 Å². The fourth-order valence-electron chi connectivity index (χ4n) is 4.42. The number of aliphatic hydroxyl groups excluding tert-OH is 1. The highest BCUT2D eigenvalue weighted by molar-refractivity contribution is 7.84. The van der Waals surface area contributed by atoms with E-state index < -0.39 is 29.9 Å². The molecule has 0 radical (unpaired) electrons. The maximum atomic E-state index is 12.8. The lowest BCUT2D eigenvalue weighted by molar-refractivity contribution is 0.0802. The third-order valence-electron chi connectivity index (χ3n) is 5.88. The van der Waals surface area contributed by atoms with Gasteiger partial charge in [-0.1, -0.05) is 12.1 Å². The van der Waals surface area contributed by atoms with Crippen molar-refractivity contribution in [3.8, 4) is 11.5 Å². The Hall–Kier alpha value is -2.32. The first kappa shape index (κ1) is 21.9. The Bertz CT molecular complexity index is 1030. The maximum absolute atomic E-state index is 12.8. The van der Waals surface area contributed by atoms with Gasteiger partial charge in [0, 0.05) is 39.0 Å². The summed E-state index contributed by atoms with van der Waals surface area (Å²) in [5.41, 5.74) is 3.30. The molecule has 1 aliphatic heterocycles. The molecule has 31 heavy (non-hydrogen) atoms. The van der Waals surface area contributed by atoms with Crippen LogP contribution in [0.3, 0.4) is 0 Å². The highest BCUT2D eigenvalue weighted by atomic mass is 32.2. The molecular formula is C23H25F2NO4S. The second kappa shape index (κ2) is 9.04. The molecule has 2 aliphatic rings. The van der Waals surface area contributed by atoms with E-state index in [2.05, 4.69) is 0 Å². The number of benzene rings is 2. The van der Waals surface area contributed by atoms with Crippen molar-refractivity contribution in [3.05, 3.63) is 53.1 Å². The molecule has 8 heteroatoms. The second-order valence-corrected chi connectivity index (χ2v) is 9.27. The van der Waals surface area contributed by atoms with E-state index in [1.165, 1.54) is 7.11 Å². The summed E-state index contributed by atoms with van der Waals surface area (Å²) < 4.78 is 48.3. The number of aliphatic hydroxyl groups is 1. The molecule has 4 rings (SSSR count). The van der Waals surface area contributed by atoms with E-state index in [1.807, 2.05) is 24.3 Å². The van der Waals surface area contributed by atoms with Gasteiger partial charge in [0.05, 0.1) is 25.0 Å². The number of hydrogen-bond donors (Lipinski definition) is 1. The van der Waals surface area contributed by atoms with E-state index in [0.29, 0.717) is 23.5 Å². The van der Waals surface area contributed by atoms with Crippen molar-refractivity contribution in [3.63, 3.8) is 0 Å². The lowest BCUT2D eigenvalue weighted by Crippen LogP contribution is -2.34. The number of alkyl halides is 2. The predicted octanol–water partition coefficient (Wildman–Crippen LogP) is 3.92. The minimum Gasteiger partial charge on any atom is -0.493 e. The van der Waals surface area contributed by atoms with Crippen LogP contribution in [-0.4, -0.2) is 53.6 Å². The zero-order chi connectivity index (χ0) is 22.1. The van der Waals surface area contributed by atoms with E-state index in [9.17, 15) is 18.1 Å². The molecule has 5 nitrogen and oxygen atoms in total. The lowest BCUT2D eigenvalue weighted by Gasteiger charge is -2.37. The van der Waals surface area contributed by atoms with Crippen molar-refractivity contribution in [1.82, 2.24) is 0 Å². The predicted molar refractivity (Wildman–Crippen MR) is 115 cm³/mol. The van der Waals surface area contributed by atoms with Gasteiger partial charge in [0.25, 0.3) is 6.43 Å². The van der Waals surface area contributed by atoms with Gasteiger partial charge in [0.1, 0.15) is 6.61 Å². The van der Waals surface area contributed by atoms with E-state index in [0.717, 1.165) is 28.8 Å². The van der Waals surface area contributed by atoms with Gasteiger partial charge in [-0.3, -0.25) is 9.20 Å². The van der Waals surface area contributed by atoms with Gasteiger partial charge in [-0.15, -0.1) is 0 Å². The summed E-state index contributed by atoms with van der Waals surface area (Å²) >= 11 is 0. The van der Waals surface area contributed by atoms with Gasteiger partial charge in [0.2, 0.25) is 0 Å². The van der Waals surface area contributed by atoms with Crippen molar-refractivity contribution in [1.29, 1.82) is 0 Å². The Kier molecular flexibility index (Phi) is 6.39. The van der Waals surface area contributed by atoms with Gasteiger partial charge in [-0.25, -0.2) is 8.78 Å². The number of aliphatic imine (C=N–C) groups is 1. The number of ether oxygens (including phenoxy) is 2. The Balaban J connectivity index is 1.85. The van der Waals surface area contributed by atoms with Crippen molar-refractivity contribution in [2.24, 2.45) is 4.99 Å². The zero-order valence-electron chi connectivity index (χ0n) is 17.4. The molecule has 2 aromatic rings. The summed E-state index contributed by atoms with van der Waals surface area (Å²) in [6, 6.07) is 10.9. The molecule has 1 heterocycles. The monoisotopic (exact) mass is 449 g/mol. The fraction of sp³-hybridized carbons (Fsp3) is 0.435. The average Bonchev–Trinajstić information content (AvgIpc) is 2.76. The molecule has 4 atom stereocenters. The quantitative estimate of drug-likeness (QED) is 0.726. The van der Waals surface area contributed by atoms with Crippen LogP contribution in [0.25, 0.3) is 0 Å². The Morgan fingerprint density at radius 3 is 2.74 bits per heavy atom. The van der Waals surface area contributed by atoms with Crippen LogP contribution < -0.4 is 9.47 Å². The van der Waals surface area contributed by atoms with Crippen LogP contribution in [0.1, 0.15) is 41.9 Å². The lowest BCUT2D eigenvalue weighted by atomic mass is 9.74. The van der Waals surface area contributed by atoms with Gasteiger partial charge < -0.3 is 14.6 Å². The van der Waals surface area contributed by atoms with Crippen molar-refractivity contribution < 1.29 is 27.6 Å². The number of fused-ring (bicyclic) bond motifs is 3. The molecule has 4 unspecified atom stereocenters. The minimum absolute atomic E-state index is 0.0296. The normalized spacial score (nSPS) is 23.5. The van der Waals surface area contributed by atoms with Gasteiger partial charge >= 0.3 is 0 Å². The van der Waals surface area contributed by atoms with Gasteiger partial charge in [-0.05, 0) is 49.1 Å². The smallest absolute Gasteiger partial charge is 0.272 e. The van der Waals surface area contributed by atoms with E-state index >= 15 is 0 Å². The highest BCUT2D eigenvalue weighted by Crippen LogP contribution is 2.45. The van der Waals surface area contributed by atoms with E-state index in [4.69, 9.17) is 14.5 Å². The highest BCUT2D eigenvalue weighted by Gasteiger charge is 2.37. The first-order valence-corrected chi connectivity index (χ1v) is 11.8. The molecule has 0 aromatic heterocycles. The molecule has 0 spiro atoms. The Labute approximate surface area is 182 Å². The maximum Gasteiger partial charge on any atom is 0.272 e. The molecule has 1 N–H and O–H groups in total. The number of halogens is 2.